The molecular formula is C17H30N2O. The number of nitrogens with one attached hydrogen (secondary N) is 2. The summed E-state index contributed by atoms with van der Waals surface area (Å²) in [5, 5.41) is 6.79. The zero-order valence-corrected chi connectivity index (χ0v) is 13.1. The van der Waals surface area contributed by atoms with Crippen molar-refractivity contribution in [2.45, 2.75) is 46.0 Å². The largest absolute Gasteiger partial charge is 0.494 e. The van der Waals surface area contributed by atoms with Crippen LogP contribution in [0.25, 0.3) is 0 Å². The van der Waals surface area contributed by atoms with E-state index in [0.29, 0.717) is 0 Å². The first-order chi connectivity index (χ1) is 9.86. The van der Waals surface area contributed by atoms with Crippen LogP contribution < -0.4 is 15.4 Å². The third kappa shape index (κ3) is 8.05. The van der Waals surface area contributed by atoms with Crippen molar-refractivity contribution >= 4 is 5.69 Å². The molecule has 0 aliphatic carbocycles. The molecule has 0 unspecified atom stereocenters. The van der Waals surface area contributed by atoms with Gasteiger partial charge in [0.1, 0.15) is 5.75 Å². The number of unbranched alkanes of at least 4 members (excludes halogenated alkanes) is 3. The van der Waals surface area contributed by atoms with E-state index in [0.717, 1.165) is 44.1 Å². The maximum atomic E-state index is 5.78. The minimum Gasteiger partial charge on any atom is -0.494 e. The lowest BCUT2D eigenvalue weighted by Crippen LogP contribution is -2.22. The Morgan fingerprint density at radius 1 is 0.950 bits per heavy atom. The zero-order chi connectivity index (χ0) is 14.5. The van der Waals surface area contributed by atoms with Gasteiger partial charge in [-0.1, -0.05) is 39.2 Å². The van der Waals surface area contributed by atoms with Gasteiger partial charge in [-0.05, 0) is 31.5 Å². The Morgan fingerprint density at radius 3 is 2.65 bits per heavy atom. The van der Waals surface area contributed by atoms with E-state index in [1.807, 2.05) is 12.1 Å². The molecule has 1 aromatic rings. The number of benzene rings is 1. The molecule has 114 valence electrons. The SMILES string of the molecule is CCCCCCOc1cccc(NCCNCCC)c1. The van der Waals surface area contributed by atoms with E-state index >= 15 is 0 Å². The van der Waals surface area contributed by atoms with E-state index in [1.165, 1.54) is 25.7 Å². The Morgan fingerprint density at radius 2 is 1.85 bits per heavy atom. The summed E-state index contributed by atoms with van der Waals surface area (Å²) >= 11 is 0. The number of ether oxygens (including phenoxy) is 1. The van der Waals surface area contributed by atoms with Crippen LogP contribution in [0.4, 0.5) is 5.69 Å². The minimum absolute atomic E-state index is 0.821. The summed E-state index contributed by atoms with van der Waals surface area (Å²) in [6.07, 6.45) is 6.16. The Kier molecular flexibility index (Phi) is 9.76. The van der Waals surface area contributed by atoms with Gasteiger partial charge in [-0.15, -0.1) is 0 Å². The van der Waals surface area contributed by atoms with Crippen LogP contribution >= 0.6 is 0 Å². The first-order valence-corrected chi connectivity index (χ1v) is 8.04. The molecule has 3 nitrogen and oxygen atoms in total. The van der Waals surface area contributed by atoms with E-state index in [4.69, 9.17) is 4.74 Å². The second-order valence-electron chi connectivity index (χ2n) is 5.11. The monoisotopic (exact) mass is 278 g/mol. The summed E-state index contributed by atoms with van der Waals surface area (Å²) in [6.45, 7) is 8.26. The van der Waals surface area contributed by atoms with E-state index in [9.17, 15) is 0 Å². The van der Waals surface area contributed by atoms with Gasteiger partial charge in [0.25, 0.3) is 0 Å². The van der Waals surface area contributed by atoms with Gasteiger partial charge in [-0.2, -0.15) is 0 Å². The highest BCUT2D eigenvalue weighted by Gasteiger charge is 1.97. The van der Waals surface area contributed by atoms with Crippen molar-refractivity contribution in [3.8, 4) is 5.75 Å². The van der Waals surface area contributed by atoms with Gasteiger partial charge in [-0.3, -0.25) is 0 Å². The molecule has 0 bridgehead atoms. The number of hydrogen-bond donors (Lipinski definition) is 2. The Balaban J connectivity index is 2.19. The van der Waals surface area contributed by atoms with E-state index in [-0.39, 0.29) is 0 Å². The van der Waals surface area contributed by atoms with Crippen molar-refractivity contribution in [3.63, 3.8) is 0 Å². The predicted molar refractivity (Wildman–Crippen MR) is 87.7 cm³/mol. The zero-order valence-electron chi connectivity index (χ0n) is 13.1. The fourth-order valence-corrected chi connectivity index (χ4v) is 2.01. The highest BCUT2D eigenvalue weighted by molar-refractivity contribution is 5.48. The van der Waals surface area contributed by atoms with E-state index in [1.54, 1.807) is 0 Å². The fourth-order valence-electron chi connectivity index (χ4n) is 2.01. The van der Waals surface area contributed by atoms with Crippen molar-refractivity contribution < 1.29 is 4.74 Å². The number of hydrogen-bond acceptors (Lipinski definition) is 3. The molecule has 0 aliphatic heterocycles. The van der Waals surface area contributed by atoms with Gasteiger partial charge in [0.15, 0.2) is 0 Å². The first-order valence-electron chi connectivity index (χ1n) is 8.04. The molecule has 1 rings (SSSR count). The molecule has 0 amide bonds. The molecule has 20 heavy (non-hydrogen) atoms. The van der Waals surface area contributed by atoms with Crippen LogP contribution in [0, 0.1) is 0 Å². The molecule has 1 aromatic carbocycles. The second-order valence-corrected chi connectivity index (χ2v) is 5.11. The van der Waals surface area contributed by atoms with Crippen molar-refractivity contribution in [1.29, 1.82) is 0 Å². The number of rotatable bonds is 12. The van der Waals surface area contributed by atoms with Crippen molar-refractivity contribution in [3.05, 3.63) is 24.3 Å². The van der Waals surface area contributed by atoms with Gasteiger partial charge in [0, 0.05) is 24.8 Å². The topological polar surface area (TPSA) is 33.3 Å². The summed E-state index contributed by atoms with van der Waals surface area (Å²) < 4.78 is 5.78. The lowest BCUT2D eigenvalue weighted by Gasteiger charge is -2.10. The van der Waals surface area contributed by atoms with Crippen LogP contribution in [0.2, 0.25) is 0 Å². The smallest absolute Gasteiger partial charge is 0.121 e. The lowest BCUT2D eigenvalue weighted by atomic mass is 10.2. The molecule has 0 atom stereocenters. The van der Waals surface area contributed by atoms with Crippen molar-refractivity contribution in [2.24, 2.45) is 0 Å². The van der Waals surface area contributed by atoms with Crippen LogP contribution in [0.5, 0.6) is 5.75 Å². The number of anilines is 1. The third-order valence-electron chi connectivity index (χ3n) is 3.16. The molecule has 0 spiro atoms. The summed E-state index contributed by atoms with van der Waals surface area (Å²) in [5.74, 6) is 0.966. The maximum Gasteiger partial charge on any atom is 0.121 e. The van der Waals surface area contributed by atoms with Crippen LogP contribution in [0.15, 0.2) is 24.3 Å². The van der Waals surface area contributed by atoms with Gasteiger partial charge in [-0.25, -0.2) is 0 Å². The average molecular weight is 278 g/mol. The lowest BCUT2D eigenvalue weighted by molar-refractivity contribution is 0.305. The van der Waals surface area contributed by atoms with Gasteiger partial charge >= 0.3 is 0 Å². The normalized spacial score (nSPS) is 10.5. The first kappa shape index (κ1) is 16.8. The molecule has 0 heterocycles. The Bertz CT molecular complexity index is 312. The van der Waals surface area contributed by atoms with Gasteiger partial charge in [0.05, 0.1) is 6.61 Å². The van der Waals surface area contributed by atoms with E-state index in [2.05, 4.69) is 36.6 Å². The summed E-state index contributed by atoms with van der Waals surface area (Å²) in [6, 6.07) is 8.24. The molecule has 0 radical (unpaired) electrons. The summed E-state index contributed by atoms with van der Waals surface area (Å²) in [5.41, 5.74) is 1.13. The summed E-state index contributed by atoms with van der Waals surface area (Å²) in [7, 11) is 0. The second kappa shape index (κ2) is 11.6. The van der Waals surface area contributed by atoms with Crippen molar-refractivity contribution in [2.75, 3.05) is 31.6 Å². The molecule has 0 aromatic heterocycles. The Labute approximate surface area is 124 Å². The average Bonchev–Trinajstić information content (AvgIpc) is 2.47. The predicted octanol–water partition coefficient (Wildman–Crippen LogP) is 4.06. The van der Waals surface area contributed by atoms with E-state index < -0.39 is 0 Å². The molecular weight excluding hydrogens is 248 g/mol. The minimum atomic E-state index is 0.821. The molecule has 3 heteroatoms. The summed E-state index contributed by atoms with van der Waals surface area (Å²) in [4.78, 5) is 0. The third-order valence-corrected chi connectivity index (χ3v) is 3.16. The molecule has 0 saturated heterocycles. The standard InChI is InChI=1S/C17H30N2O/c1-3-5-6-7-14-20-17-10-8-9-16(15-17)19-13-12-18-11-4-2/h8-10,15,18-19H,3-7,11-14H2,1-2H3. The highest BCUT2D eigenvalue weighted by Crippen LogP contribution is 2.17. The van der Waals surface area contributed by atoms with Crippen LogP contribution in [0.1, 0.15) is 46.0 Å². The van der Waals surface area contributed by atoms with Gasteiger partial charge < -0.3 is 15.4 Å². The van der Waals surface area contributed by atoms with Crippen LogP contribution in [0.3, 0.4) is 0 Å². The van der Waals surface area contributed by atoms with Crippen molar-refractivity contribution in [1.82, 2.24) is 5.32 Å². The quantitative estimate of drug-likeness (QED) is 0.566. The fraction of sp³-hybridized carbons (Fsp3) is 0.647. The Hall–Kier alpha value is -1.22. The maximum absolute atomic E-state index is 5.78. The highest BCUT2D eigenvalue weighted by atomic mass is 16.5. The van der Waals surface area contributed by atoms with Crippen LogP contribution in [-0.4, -0.2) is 26.2 Å². The molecule has 2 N–H and O–H groups in total. The molecule has 0 fully saturated rings. The van der Waals surface area contributed by atoms with Crippen LogP contribution in [-0.2, 0) is 0 Å². The molecule has 0 aliphatic rings. The molecule has 0 saturated carbocycles. The van der Waals surface area contributed by atoms with Gasteiger partial charge in [0.2, 0.25) is 0 Å².